The lowest BCUT2D eigenvalue weighted by Crippen LogP contribution is -1.82. The minimum atomic E-state index is 0.630. The van der Waals surface area contributed by atoms with E-state index in [2.05, 4.69) is 30.2 Å². The highest BCUT2D eigenvalue weighted by Gasteiger charge is 2.22. The Kier molecular flexibility index (Phi) is 3.00. The van der Waals surface area contributed by atoms with Crippen LogP contribution in [0.5, 0.6) is 0 Å². The van der Waals surface area contributed by atoms with E-state index in [0.29, 0.717) is 6.42 Å². The Labute approximate surface area is 88.5 Å². The minimum absolute atomic E-state index is 0.630. The molecule has 1 aliphatic carbocycles. The van der Waals surface area contributed by atoms with Gasteiger partial charge in [0.2, 0.25) is 0 Å². The molecule has 72 valence electrons. The van der Waals surface area contributed by atoms with Crippen molar-refractivity contribution >= 4 is 11.8 Å². The van der Waals surface area contributed by atoms with Gasteiger partial charge in [-0.3, -0.25) is 0 Å². The predicted molar refractivity (Wildman–Crippen MR) is 58.7 cm³/mol. The third-order valence-corrected chi connectivity index (χ3v) is 3.47. The van der Waals surface area contributed by atoms with Gasteiger partial charge >= 0.3 is 0 Å². The van der Waals surface area contributed by atoms with Gasteiger partial charge in [-0.2, -0.15) is 0 Å². The SMILES string of the molecule is OC#CCc1ccc(SC2CC2)cc1. The first-order valence-corrected chi connectivity index (χ1v) is 5.64. The highest BCUT2D eigenvalue weighted by atomic mass is 32.2. The van der Waals surface area contributed by atoms with Crippen LogP contribution >= 0.6 is 11.8 Å². The molecule has 1 aromatic carbocycles. The van der Waals surface area contributed by atoms with Crippen molar-refractivity contribution in [3.05, 3.63) is 29.8 Å². The standard InChI is InChI=1S/C12H12OS/c13-9-1-2-10-3-5-11(6-4-10)14-12-7-8-12/h3-6,12-13H,2,7-8H2. The topological polar surface area (TPSA) is 20.2 Å². The molecule has 2 rings (SSSR count). The smallest absolute Gasteiger partial charge is 0.107 e. The molecule has 0 amide bonds. The molecular formula is C12H12OS. The second-order valence-corrected chi connectivity index (χ2v) is 4.80. The second-order valence-electron chi connectivity index (χ2n) is 3.43. The van der Waals surface area contributed by atoms with E-state index in [1.54, 1.807) is 0 Å². The van der Waals surface area contributed by atoms with E-state index >= 15 is 0 Å². The summed E-state index contributed by atoms with van der Waals surface area (Å²) in [6, 6.07) is 8.43. The summed E-state index contributed by atoms with van der Waals surface area (Å²) in [6.45, 7) is 0. The van der Waals surface area contributed by atoms with E-state index in [9.17, 15) is 0 Å². The summed E-state index contributed by atoms with van der Waals surface area (Å²) in [5.74, 6) is 2.64. The fourth-order valence-corrected chi connectivity index (χ4v) is 2.26. The average Bonchev–Trinajstić information content (AvgIpc) is 3.01. The molecule has 2 heteroatoms. The normalized spacial score (nSPS) is 14.6. The van der Waals surface area contributed by atoms with E-state index < -0.39 is 0 Å². The lowest BCUT2D eigenvalue weighted by atomic mass is 10.2. The molecule has 0 saturated heterocycles. The summed E-state index contributed by atoms with van der Waals surface area (Å²) >= 11 is 1.96. The van der Waals surface area contributed by atoms with Gasteiger partial charge in [0.1, 0.15) is 6.11 Å². The number of hydrogen-bond acceptors (Lipinski definition) is 2. The van der Waals surface area contributed by atoms with Gasteiger partial charge < -0.3 is 5.11 Å². The molecule has 1 aromatic rings. The van der Waals surface area contributed by atoms with Gasteiger partial charge in [0, 0.05) is 16.6 Å². The fourth-order valence-electron chi connectivity index (χ4n) is 1.21. The molecule has 1 aliphatic rings. The summed E-state index contributed by atoms with van der Waals surface area (Å²) < 4.78 is 0. The molecule has 0 unspecified atom stereocenters. The van der Waals surface area contributed by atoms with Crippen molar-refractivity contribution in [3.8, 4) is 12.0 Å². The molecule has 0 bridgehead atoms. The van der Waals surface area contributed by atoms with Crippen molar-refractivity contribution in [3.63, 3.8) is 0 Å². The monoisotopic (exact) mass is 204 g/mol. The fraction of sp³-hybridized carbons (Fsp3) is 0.333. The zero-order valence-electron chi connectivity index (χ0n) is 7.86. The van der Waals surface area contributed by atoms with Crippen LogP contribution in [0.2, 0.25) is 0 Å². The summed E-state index contributed by atoms with van der Waals surface area (Å²) in [6.07, 6.45) is 5.27. The van der Waals surface area contributed by atoms with Crippen LogP contribution in [-0.2, 0) is 6.42 Å². The van der Waals surface area contributed by atoms with Gasteiger partial charge in [-0.1, -0.05) is 18.1 Å². The number of rotatable bonds is 3. The van der Waals surface area contributed by atoms with E-state index in [1.807, 2.05) is 17.9 Å². The molecule has 0 spiro atoms. The van der Waals surface area contributed by atoms with Gasteiger partial charge in [-0.05, 0) is 30.5 Å². The molecule has 0 heterocycles. The van der Waals surface area contributed by atoms with Crippen LogP contribution in [-0.4, -0.2) is 10.4 Å². The average molecular weight is 204 g/mol. The van der Waals surface area contributed by atoms with Gasteiger partial charge in [0.05, 0.1) is 0 Å². The molecule has 1 saturated carbocycles. The Balaban J connectivity index is 1.96. The van der Waals surface area contributed by atoms with Gasteiger partial charge in [-0.15, -0.1) is 11.8 Å². The Morgan fingerprint density at radius 3 is 2.57 bits per heavy atom. The molecule has 0 aliphatic heterocycles. The van der Waals surface area contributed by atoms with E-state index in [-0.39, 0.29) is 0 Å². The summed E-state index contributed by atoms with van der Waals surface area (Å²) in [4.78, 5) is 1.34. The van der Waals surface area contributed by atoms with Crippen LogP contribution in [0, 0.1) is 12.0 Å². The minimum Gasteiger partial charge on any atom is -0.462 e. The van der Waals surface area contributed by atoms with Crippen LogP contribution < -0.4 is 0 Å². The number of benzene rings is 1. The molecule has 1 N–H and O–H groups in total. The number of hydrogen-bond donors (Lipinski definition) is 1. The van der Waals surface area contributed by atoms with Crippen LogP contribution in [0.15, 0.2) is 29.2 Å². The van der Waals surface area contributed by atoms with Crippen LogP contribution in [0.3, 0.4) is 0 Å². The number of thioether (sulfide) groups is 1. The maximum absolute atomic E-state index is 8.34. The summed E-state index contributed by atoms with van der Waals surface area (Å²) in [7, 11) is 0. The quantitative estimate of drug-likeness (QED) is 0.764. The highest BCUT2D eigenvalue weighted by molar-refractivity contribution is 8.00. The predicted octanol–water partition coefficient (Wildman–Crippen LogP) is 2.82. The Morgan fingerprint density at radius 1 is 1.29 bits per heavy atom. The molecule has 0 atom stereocenters. The molecular weight excluding hydrogens is 192 g/mol. The highest BCUT2D eigenvalue weighted by Crippen LogP contribution is 2.38. The first-order valence-electron chi connectivity index (χ1n) is 4.76. The van der Waals surface area contributed by atoms with Crippen molar-refractivity contribution in [2.24, 2.45) is 0 Å². The zero-order chi connectivity index (χ0) is 9.80. The Bertz CT molecular complexity index is 354. The third-order valence-electron chi connectivity index (χ3n) is 2.12. The van der Waals surface area contributed by atoms with Crippen molar-refractivity contribution in [1.29, 1.82) is 0 Å². The van der Waals surface area contributed by atoms with E-state index in [4.69, 9.17) is 5.11 Å². The summed E-state index contributed by atoms with van der Waals surface area (Å²) in [5.41, 5.74) is 1.16. The lowest BCUT2D eigenvalue weighted by Gasteiger charge is -2.00. The summed E-state index contributed by atoms with van der Waals surface area (Å²) in [5, 5.41) is 9.20. The van der Waals surface area contributed by atoms with Crippen molar-refractivity contribution < 1.29 is 5.11 Å². The second kappa shape index (κ2) is 4.43. The van der Waals surface area contributed by atoms with E-state index in [0.717, 1.165) is 10.8 Å². The molecule has 1 fully saturated rings. The maximum atomic E-state index is 8.34. The third kappa shape index (κ3) is 2.71. The molecule has 14 heavy (non-hydrogen) atoms. The van der Waals surface area contributed by atoms with Crippen LogP contribution in [0.4, 0.5) is 0 Å². The largest absolute Gasteiger partial charge is 0.462 e. The number of aliphatic hydroxyl groups is 1. The van der Waals surface area contributed by atoms with Crippen LogP contribution in [0.1, 0.15) is 18.4 Å². The van der Waals surface area contributed by atoms with Gasteiger partial charge in [-0.25, -0.2) is 0 Å². The maximum Gasteiger partial charge on any atom is 0.107 e. The molecule has 0 radical (unpaired) electrons. The molecule has 1 nitrogen and oxygen atoms in total. The lowest BCUT2D eigenvalue weighted by molar-refractivity contribution is 0.516. The van der Waals surface area contributed by atoms with Gasteiger partial charge in [0.15, 0.2) is 0 Å². The zero-order valence-corrected chi connectivity index (χ0v) is 8.68. The number of aliphatic hydroxyl groups excluding tert-OH is 1. The van der Waals surface area contributed by atoms with Crippen LogP contribution in [0.25, 0.3) is 0 Å². The van der Waals surface area contributed by atoms with Crippen molar-refractivity contribution in [1.82, 2.24) is 0 Å². The Morgan fingerprint density at radius 2 is 2.00 bits per heavy atom. The van der Waals surface area contributed by atoms with E-state index in [1.165, 1.54) is 17.7 Å². The van der Waals surface area contributed by atoms with Gasteiger partial charge in [0.25, 0.3) is 0 Å². The first kappa shape index (κ1) is 9.48. The van der Waals surface area contributed by atoms with Crippen molar-refractivity contribution in [2.45, 2.75) is 29.4 Å². The Hall–Kier alpha value is -1.07. The first-order chi connectivity index (χ1) is 6.88. The molecule has 0 aromatic heterocycles. The van der Waals surface area contributed by atoms with Crippen molar-refractivity contribution in [2.75, 3.05) is 0 Å².